The Morgan fingerprint density at radius 2 is 2.24 bits per heavy atom. The molecule has 0 fully saturated rings. The molecule has 0 spiro atoms. The maximum absolute atomic E-state index is 12.7. The van der Waals surface area contributed by atoms with Crippen LogP contribution >= 0.6 is 15.9 Å². The van der Waals surface area contributed by atoms with Crippen molar-refractivity contribution < 1.29 is 18.3 Å². The Balaban J connectivity index is 3.12. The first kappa shape index (κ1) is 13.8. The van der Waals surface area contributed by atoms with E-state index in [1.165, 1.54) is 0 Å². The number of hydrogen-bond donors (Lipinski definition) is 1. The fourth-order valence-electron chi connectivity index (χ4n) is 1.31. The third kappa shape index (κ3) is 3.62. The van der Waals surface area contributed by atoms with E-state index >= 15 is 0 Å². The van der Waals surface area contributed by atoms with Gasteiger partial charge in [-0.15, -0.1) is 0 Å². The SMILES string of the molecule is CCOC(=O)Cc1c(C(F)F)cc(=O)[nH]c1Br. The van der Waals surface area contributed by atoms with E-state index < -0.39 is 23.5 Å². The summed E-state index contributed by atoms with van der Waals surface area (Å²) in [5.41, 5.74) is -1.08. The van der Waals surface area contributed by atoms with Crippen molar-refractivity contribution in [3.63, 3.8) is 0 Å². The summed E-state index contributed by atoms with van der Waals surface area (Å²) >= 11 is 2.95. The molecule has 1 rings (SSSR count). The molecule has 0 saturated heterocycles. The summed E-state index contributed by atoms with van der Waals surface area (Å²) < 4.78 is 30.1. The Bertz CT molecular complexity index is 473. The fraction of sp³-hybridized carbons (Fsp3) is 0.400. The number of pyridine rings is 1. The van der Waals surface area contributed by atoms with Gasteiger partial charge >= 0.3 is 5.97 Å². The first-order valence-corrected chi connectivity index (χ1v) is 5.60. The third-order valence-corrected chi connectivity index (χ3v) is 2.67. The van der Waals surface area contributed by atoms with Crippen molar-refractivity contribution in [1.82, 2.24) is 4.98 Å². The topological polar surface area (TPSA) is 59.2 Å². The molecule has 94 valence electrons. The second-order valence-corrected chi connectivity index (χ2v) is 3.96. The minimum Gasteiger partial charge on any atom is -0.466 e. The molecule has 0 bridgehead atoms. The highest BCUT2D eigenvalue weighted by Gasteiger charge is 2.19. The quantitative estimate of drug-likeness (QED) is 0.685. The van der Waals surface area contributed by atoms with Crippen LogP contribution in [0, 0.1) is 0 Å². The Morgan fingerprint density at radius 3 is 2.76 bits per heavy atom. The summed E-state index contributed by atoms with van der Waals surface area (Å²) in [5, 5.41) is 0. The molecule has 0 amide bonds. The first-order chi connectivity index (χ1) is 7.95. The standard InChI is InChI=1S/C10H10BrF2NO3/c1-2-17-8(16)4-5-6(10(12)13)3-7(15)14-9(5)11/h3,10H,2,4H2,1H3,(H,14,15). The number of alkyl halides is 2. The molecule has 0 aliphatic rings. The van der Waals surface area contributed by atoms with Gasteiger partial charge in [-0.3, -0.25) is 9.59 Å². The van der Waals surface area contributed by atoms with Gasteiger partial charge in [0.1, 0.15) is 0 Å². The molecular weight excluding hydrogens is 300 g/mol. The molecule has 0 radical (unpaired) electrons. The van der Waals surface area contributed by atoms with E-state index in [2.05, 4.69) is 25.7 Å². The fourth-order valence-corrected chi connectivity index (χ4v) is 1.87. The van der Waals surface area contributed by atoms with E-state index in [1.807, 2.05) is 0 Å². The van der Waals surface area contributed by atoms with Crippen LogP contribution in [0.1, 0.15) is 24.5 Å². The lowest BCUT2D eigenvalue weighted by molar-refractivity contribution is -0.142. The van der Waals surface area contributed by atoms with Crippen LogP contribution in [0.25, 0.3) is 0 Å². The van der Waals surface area contributed by atoms with Crippen LogP contribution in [0.4, 0.5) is 8.78 Å². The molecular formula is C10H10BrF2NO3. The van der Waals surface area contributed by atoms with Crippen molar-refractivity contribution in [3.05, 3.63) is 32.2 Å². The van der Waals surface area contributed by atoms with E-state index in [0.717, 1.165) is 6.07 Å². The zero-order valence-corrected chi connectivity index (χ0v) is 10.5. The highest BCUT2D eigenvalue weighted by atomic mass is 79.9. The van der Waals surface area contributed by atoms with Crippen LogP contribution in [-0.4, -0.2) is 17.6 Å². The van der Waals surface area contributed by atoms with Gasteiger partial charge in [-0.1, -0.05) is 0 Å². The second kappa shape index (κ2) is 5.90. The number of H-pyrrole nitrogens is 1. The summed E-state index contributed by atoms with van der Waals surface area (Å²) in [5.74, 6) is -0.623. The van der Waals surface area contributed by atoms with Gasteiger partial charge in [0.2, 0.25) is 5.56 Å². The van der Waals surface area contributed by atoms with Crippen molar-refractivity contribution in [2.75, 3.05) is 6.61 Å². The minimum atomic E-state index is -2.82. The summed E-state index contributed by atoms with van der Waals surface area (Å²) in [6, 6.07) is 0.782. The van der Waals surface area contributed by atoms with Gasteiger partial charge in [0.05, 0.1) is 17.6 Å². The van der Waals surface area contributed by atoms with Crippen LogP contribution in [0.2, 0.25) is 0 Å². The van der Waals surface area contributed by atoms with Crippen molar-refractivity contribution in [2.24, 2.45) is 0 Å². The number of rotatable bonds is 4. The van der Waals surface area contributed by atoms with Crippen LogP contribution in [0.5, 0.6) is 0 Å². The number of ether oxygens (including phenoxy) is 1. The Kier molecular flexibility index (Phi) is 4.80. The lowest BCUT2D eigenvalue weighted by Gasteiger charge is -2.09. The van der Waals surface area contributed by atoms with Gasteiger partial charge in [0.25, 0.3) is 6.43 Å². The molecule has 0 aromatic carbocycles. The van der Waals surface area contributed by atoms with Gasteiger partial charge in [-0.25, -0.2) is 8.78 Å². The Morgan fingerprint density at radius 1 is 1.59 bits per heavy atom. The Labute approximate surface area is 104 Å². The number of nitrogens with one attached hydrogen (secondary N) is 1. The number of halogens is 3. The van der Waals surface area contributed by atoms with Gasteiger partial charge in [-0.2, -0.15) is 0 Å². The Hall–Kier alpha value is -1.24. The predicted octanol–water partition coefficient (Wildman–Crippen LogP) is 2.18. The number of carbonyl (C=O) groups is 1. The number of carbonyl (C=O) groups excluding carboxylic acids is 1. The molecule has 1 heterocycles. The number of aromatic nitrogens is 1. The van der Waals surface area contributed by atoms with Gasteiger partial charge in [-0.05, 0) is 22.9 Å². The molecule has 0 aliphatic heterocycles. The zero-order chi connectivity index (χ0) is 13.0. The molecule has 1 N–H and O–H groups in total. The summed E-state index contributed by atoms with van der Waals surface area (Å²) in [6.07, 6.45) is -3.14. The van der Waals surface area contributed by atoms with E-state index in [9.17, 15) is 18.4 Å². The van der Waals surface area contributed by atoms with Crippen LogP contribution in [0.3, 0.4) is 0 Å². The second-order valence-electron chi connectivity index (χ2n) is 3.16. The summed E-state index contributed by atoms with van der Waals surface area (Å²) in [6.45, 7) is 1.79. The monoisotopic (exact) mass is 309 g/mol. The molecule has 0 unspecified atom stereocenters. The summed E-state index contributed by atoms with van der Waals surface area (Å²) in [4.78, 5) is 24.6. The maximum atomic E-state index is 12.7. The molecule has 0 atom stereocenters. The molecule has 7 heteroatoms. The molecule has 0 aliphatic carbocycles. The molecule has 4 nitrogen and oxygen atoms in total. The molecule has 1 aromatic rings. The predicted molar refractivity (Wildman–Crippen MR) is 60.1 cm³/mol. The first-order valence-electron chi connectivity index (χ1n) is 4.81. The van der Waals surface area contributed by atoms with Crippen molar-refractivity contribution >= 4 is 21.9 Å². The zero-order valence-electron chi connectivity index (χ0n) is 8.93. The summed E-state index contributed by atoms with van der Waals surface area (Å²) in [7, 11) is 0. The third-order valence-electron chi connectivity index (χ3n) is 1.99. The molecule has 0 saturated carbocycles. The van der Waals surface area contributed by atoms with Crippen LogP contribution in [0.15, 0.2) is 15.5 Å². The van der Waals surface area contributed by atoms with Gasteiger partial charge in [0, 0.05) is 17.2 Å². The largest absolute Gasteiger partial charge is 0.466 e. The normalized spacial score (nSPS) is 10.6. The minimum absolute atomic E-state index is 0.0399. The number of aromatic amines is 1. The van der Waals surface area contributed by atoms with Crippen LogP contribution < -0.4 is 5.56 Å². The maximum Gasteiger partial charge on any atom is 0.310 e. The molecule has 17 heavy (non-hydrogen) atoms. The number of hydrogen-bond acceptors (Lipinski definition) is 3. The number of esters is 1. The highest BCUT2D eigenvalue weighted by molar-refractivity contribution is 9.10. The van der Waals surface area contributed by atoms with Gasteiger partial charge in [0.15, 0.2) is 0 Å². The van der Waals surface area contributed by atoms with Crippen molar-refractivity contribution in [1.29, 1.82) is 0 Å². The van der Waals surface area contributed by atoms with Crippen LogP contribution in [-0.2, 0) is 16.0 Å². The van der Waals surface area contributed by atoms with E-state index in [4.69, 9.17) is 0 Å². The van der Waals surface area contributed by atoms with Gasteiger partial charge < -0.3 is 9.72 Å². The average molecular weight is 310 g/mol. The average Bonchev–Trinajstić information content (AvgIpc) is 2.21. The van der Waals surface area contributed by atoms with E-state index in [0.29, 0.717) is 0 Å². The highest BCUT2D eigenvalue weighted by Crippen LogP contribution is 2.26. The molecule has 1 aromatic heterocycles. The van der Waals surface area contributed by atoms with E-state index in [-0.39, 0.29) is 23.2 Å². The van der Waals surface area contributed by atoms with Crippen molar-refractivity contribution in [3.8, 4) is 0 Å². The lowest BCUT2D eigenvalue weighted by Crippen LogP contribution is -2.15. The smallest absolute Gasteiger partial charge is 0.310 e. The van der Waals surface area contributed by atoms with Crippen molar-refractivity contribution in [2.45, 2.75) is 19.8 Å². The lowest BCUT2D eigenvalue weighted by atomic mass is 10.1. The van der Waals surface area contributed by atoms with E-state index in [1.54, 1.807) is 6.92 Å².